The van der Waals surface area contributed by atoms with Gasteiger partial charge in [0.15, 0.2) is 0 Å². The van der Waals surface area contributed by atoms with Crippen molar-refractivity contribution in [3.63, 3.8) is 0 Å². The number of ether oxygens (including phenoxy) is 1. The predicted octanol–water partition coefficient (Wildman–Crippen LogP) is 2.92. The zero-order valence-corrected chi connectivity index (χ0v) is 11.6. The van der Waals surface area contributed by atoms with E-state index in [1.807, 2.05) is 49.4 Å². The van der Waals surface area contributed by atoms with Gasteiger partial charge in [0.1, 0.15) is 12.4 Å². The molecule has 1 atom stereocenters. The maximum atomic E-state index is 9.89. The first-order valence-corrected chi connectivity index (χ1v) is 7.14. The molecule has 1 heterocycles. The molecule has 19 heavy (non-hydrogen) atoms. The highest BCUT2D eigenvalue weighted by Gasteiger charge is 2.07. The maximum Gasteiger partial charge on any atom is 0.122 e. The van der Waals surface area contributed by atoms with Crippen LogP contribution in [-0.4, -0.2) is 28.6 Å². The van der Waals surface area contributed by atoms with E-state index < -0.39 is 6.10 Å². The summed E-state index contributed by atoms with van der Waals surface area (Å²) in [6.45, 7) is 2.29. The van der Waals surface area contributed by atoms with Gasteiger partial charge in [-0.2, -0.15) is 0 Å². The first-order valence-electron chi connectivity index (χ1n) is 6.16. The number of hydrogen-bond donors (Lipinski definition) is 1. The van der Waals surface area contributed by atoms with Gasteiger partial charge in [-0.3, -0.25) is 0 Å². The number of aromatic nitrogens is 1. The van der Waals surface area contributed by atoms with Crippen molar-refractivity contribution in [2.75, 3.05) is 12.4 Å². The molecule has 100 valence electrons. The first-order chi connectivity index (χ1) is 9.25. The van der Waals surface area contributed by atoms with E-state index in [9.17, 15) is 5.11 Å². The predicted molar refractivity (Wildman–Crippen MR) is 77.6 cm³/mol. The van der Waals surface area contributed by atoms with E-state index in [-0.39, 0.29) is 0 Å². The topological polar surface area (TPSA) is 42.4 Å². The van der Waals surface area contributed by atoms with Gasteiger partial charge >= 0.3 is 0 Å². The highest BCUT2D eigenvalue weighted by atomic mass is 32.2. The highest BCUT2D eigenvalue weighted by molar-refractivity contribution is 7.99. The van der Waals surface area contributed by atoms with Crippen LogP contribution in [0.3, 0.4) is 0 Å². The number of nitrogens with zero attached hydrogens (tertiary/aromatic N) is 1. The van der Waals surface area contributed by atoms with Crippen molar-refractivity contribution in [2.24, 2.45) is 0 Å². The summed E-state index contributed by atoms with van der Waals surface area (Å²) in [5, 5.41) is 10.8. The molecular weight excluding hydrogens is 258 g/mol. The molecule has 0 aliphatic heterocycles. The molecule has 2 rings (SSSR count). The van der Waals surface area contributed by atoms with Gasteiger partial charge in [-0.15, -0.1) is 11.8 Å². The zero-order valence-electron chi connectivity index (χ0n) is 10.8. The summed E-state index contributed by atoms with van der Waals surface area (Å²) in [6.07, 6.45) is 1.24. The van der Waals surface area contributed by atoms with Crippen LogP contribution in [0.15, 0.2) is 53.7 Å². The number of benzene rings is 1. The van der Waals surface area contributed by atoms with E-state index in [0.717, 1.165) is 16.3 Å². The number of pyridine rings is 1. The Balaban J connectivity index is 1.76. The van der Waals surface area contributed by atoms with E-state index in [0.29, 0.717) is 12.4 Å². The lowest BCUT2D eigenvalue weighted by atomic mass is 10.2. The standard InChI is InChI=1S/C15H17NO2S/c1-12-6-2-3-7-14(12)18-10-13(17)11-19-15-8-4-5-9-16-15/h2-9,13,17H,10-11H2,1H3. The summed E-state index contributed by atoms with van der Waals surface area (Å²) >= 11 is 1.53. The van der Waals surface area contributed by atoms with Crippen molar-refractivity contribution in [3.05, 3.63) is 54.2 Å². The minimum atomic E-state index is -0.508. The van der Waals surface area contributed by atoms with E-state index in [4.69, 9.17) is 4.74 Å². The Morgan fingerprint density at radius 3 is 2.74 bits per heavy atom. The number of hydrogen-bond acceptors (Lipinski definition) is 4. The molecule has 0 fully saturated rings. The van der Waals surface area contributed by atoms with Crippen LogP contribution in [0.2, 0.25) is 0 Å². The minimum Gasteiger partial charge on any atom is -0.491 e. The lowest BCUT2D eigenvalue weighted by Gasteiger charge is -2.13. The summed E-state index contributed by atoms with van der Waals surface area (Å²) in [5.41, 5.74) is 1.08. The van der Waals surface area contributed by atoms with Gasteiger partial charge in [0.2, 0.25) is 0 Å². The smallest absolute Gasteiger partial charge is 0.122 e. The van der Waals surface area contributed by atoms with E-state index in [1.165, 1.54) is 11.8 Å². The third kappa shape index (κ3) is 4.58. The van der Waals surface area contributed by atoms with Crippen molar-refractivity contribution in [2.45, 2.75) is 18.1 Å². The first kappa shape index (κ1) is 13.9. The van der Waals surface area contributed by atoms with Gasteiger partial charge in [0.25, 0.3) is 0 Å². The summed E-state index contributed by atoms with van der Waals surface area (Å²) in [6, 6.07) is 13.5. The van der Waals surface area contributed by atoms with Crippen molar-refractivity contribution in [1.29, 1.82) is 0 Å². The van der Waals surface area contributed by atoms with Gasteiger partial charge in [-0.1, -0.05) is 24.3 Å². The lowest BCUT2D eigenvalue weighted by molar-refractivity contribution is 0.126. The van der Waals surface area contributed by atoms with Gasteiger partial charge < -0.3 is 9.84 Å². The lowest BCUT2D eigenvalue weighted by Crippen LogP contribution is -2.20. The number of aryl methyl sites for hydroxylation is 1. The molecule has 4 heteroatoms. The summed E-state index contributed by atoms with van der Waals surface area (Å²) < 4.78 is 5.60. The molecular formula is C15H17NO2S. The van der Waals surface area contributed by atoms with Gasteiger partial charge in [-0.05, 0) is 30.7 Å². The molecule has 3 nitrogen and oxygen atoms in total. The number of aliphatic hydroxyl groups excluding tert-OH is 1. The Bertz CT molecular complexity index is 505. The van der Waals surface area contributed by atoms with E-state index in [2.05, 4.69) is 4.98 Å². The van der Waals surface area contributed by atoms with Gasteiger partial charge in [0.05, 0.1) is 11.1 Å². The largest absolute Gasteiger partial charge is 0.491 e. The number of rotatable bonds is 6. The SMILES string of the molecule is Cc1ccccc1OCC(O)CSc1ccccn1. The van der Waals surface area contributed by atoms with Gasteiger partial charge in [0, 0.05) is 11.9 Å². The fourth-order valence-corrected chi connectivity index (χ4v) is 2.34. The molecule has 0 amide bonds. The van der Waals surface area contributed by atoms with Crippen molar-refractivity contribution < 1.29 is 9.84 Å². The average molecular weight is 275 g/mol. The Kier molecular flexibility index (Phi) is 5.24. The molecule has 0 bridgehead atoms. The molecule has 1 N–H and O–H groups in total. The second-order valence-electron chi connectivity index (χ2n) is 4.21. The molecule has 0 aliphatic carbocycles. The fraction of sp³-hybridized carbons (Fsp3) is 0.267. The molecule has 0 saturated heterocycles. The minimum absolute atomic E-state index is 0.296. The molecule has 2 aromatic rings. The van der Waals surface area contributed by atoms with Crippen LogP contribution in [0.5, 0.6) is 5.75 Å². The number of thioether (sulfide) groups is 1. The Morgan fingerprint density at radius 1 is 1.21 bits per heavy atom. The van der Waals surface area contributed by atoms with E-state index >= 15 is 0 Å². The third-order valence-corrected chi connectivity index (χ3v) is 3.67. The summed E-state index contributed by atoms with van der Waals surface area (Å²) in [7, 11) is 0. The molecule has 0 radical (unpaired) electrons. The van der Waals surface area contributed by atoms with Crippen molar-refractivity contribution in [3.8, 4) is 5.75 Å². The Hall–Kier alpha value is -1.52. The molecule has 0 saturated carbocycles. The van der Waals surface area contributed by atoms with Crippen LogP contribution in [0.4, 0.5) is 0 Å². The number of para-hydroxylation sites is 1. The number of aliphatic hydroxyl groups is 1. The highest BCUT2D eigenvalue weighted by Crippen LogP contribution is 2.18. The average Bonchev–Trinajstić information content (AvgIpc) is 2.45. The van der Waals surface area contributed by atoms with Crippen molar-refractivity contribution >= 4 is 11.8 Å². The Labute approximate surface area is 117 Å². The van der Waals surface area contributed by atoms with E-state index in [1.54, 1.807) is 6.20 Å². The monoisotopic (exact) mass is 275 g/mol. The van der Waals surface area contributed by atoms with Crippen LogP contribution in [0.1, 0.15) is 5.56 Å². The second kappa shape index (κ2) is 7.16. The molecule has 1 unspecified atom stereocenters. The zero-order chi connectivity index (χ0) is 13.5. The van der Waals surface area contributed by atoms with Crippen LogP contribution < -0.4 is 4.74 Å². The molecule has 0 aliphatic rings. The molecule has 1 aromatic carbocycles. The summed E-state index contributed by atoms with van der Waals surface area (Å²) in [4.78, 5) is 4.19. The van der Waals surface area contributed by atoms with Crippen molar-refractivity contribution in [1.82, 2.24) is 4.98 Å². The van der Waals surface area contributed by atoms with Crippen LogP contribution >= 0.6 is 11.8 Å². The Morgan fingerprint density at radius 2 is 2.00 bits per heavy atom. The quantitative estimate of drug-likeness (QED) is 0.823. The third-order valence-electron chi connectivity index (χ3n) is 2.59. The van der Waals surface area contributed by atoms with Crippen LogP contribution in [0, 0.1) is 6.92 Å². The van der Waals surface area contributed by atoms with Crippen LogP contribution in [-0.2, 0) is 0 Å². The second-order valence-corrected chi connectivity index (χ2v) is 5.25. The fourth-order valence-electron chi connectivity index (χ4n) is 1.57. The molecule has 0 spiro atoms. The normalized spacial score (nSPS) is 12.1. The summed E-state index contributed by atoms with van der Waals surface area (Å²) in [5.74, 6) is 1.40. The molecule has 1 aromatic heterocycles. The van der Waals surface area contributed by atoms with Gasteiger partial charge in [-0.25, -0.2) is 4.98 Å². The van der Waals surface area contributed by atoms with Crippen LogP contribution in [0.25, 0.3) is 0 Å². The maximum absolute atomic E-state index is 9.89.